The zero-order chi connectivity index (χ0) is 23.6. The quantitative estimate of drug-likeness (QED) is 0.387. The number of para-hydroxylation sites is 1. The molecule has 1 heterocycles. The highest BCUT2D eigenvalue weighted by Gasteiger charge is 2.25. The molecule has 0 spiro atoms. The number of ether oxygens (including phenoxy) is 1. The molecule has 6 heteroatoms. The predicted molar refractivity (Wildman–Crippen MR) is 133 cm³/mol. The maximum atomic E-state index is 13.5. The summed E-state index contributed by atoms with van der Waals surface area (Å²) in [7, 11) is 0. The topological polar surface area (TPSA) is 49.9 Å². The Bertz CT molecular complexity index is 1020. The molecule has 0 bridgehead atoms. The second-order valence-electron chi connectivity index (χ2n) is 8.13. The summed E-state index contributed by atoms with van der Waals surface area (Å²) in [5.74, 6) is 0.381. The van der Waals surface area contributed by atoms with Crippen LogP contribution in [0.2, 0.25) is 0 Å². The smallest absolute Gasteiger partial charge is 0.261 e. The van der Waals surface area contributed by atoms with Crippen LogP contribution in [0.25, 0.3) is 0 Å². The molecule has 0 radical (unpaired) electrons. The first-order chi connectivity index (χ1) is 16.0. The van der Waals surface area contributed by atoms with Gasteiger partial charge >= 0.3 is 0 Å². The van der Waals surface area contributed by atoms with Gasteiger partial charge in [-0.25, -0.2) is 0 Å². The molecule has 3 rings (SSSR count). The number of hydrogen-bond donors (Lipinski definition) is 0. The lowest BCUT2D eigenvalue weighted by Gasteiger charge is -2.31. The number of carbonyl (C=O) groups is 2. The van der Waals surface area contributed by atoms with Crippen molar-refractivity contribution in [2.24, 2.45) is 0 Å². The van der Waals surface area contributed by atoms with Gasteiger partial charge in [0.05, 0.1) is 6.54 Å². The Labute approximate surface area is 200 Å². The standard InChI is InChI=1S/C27H32N2O3S/c1-4-21(2)29(27(31)20-32-24-13-9-6-10-14-24)19-26(30)28(17-23-11-7-5-8-12-23)18-25-16-15-22(3)33-25/h5-16,21H,4,17-20H2,1-3H3. The van der Waals surface area contributed by atoms with Gasteiger partial charge in [0.25, 0.3) is 5.91 Å². The SMILES string of the molecule is CCC(C)N(CC(=O)N(Cc1ccccc1)Cc1ccc(C)s1)C(=O)COc1ccccc1. The molecule has 0 saturated carbocycles. The van der Waals surface area contributed by atoms with E-state index >= 15 is 0 Å². The summed E-state index contributed by atoms with van der Waals surface area (Å²) in [6, 6.07) is 23.3. The van der Waals surface area contributed by atoms with Crippen LogP contribution in [0.3, 0.4) is 0 Å². The van der Waals surface area contributed by atoms with Gasteiger partial charge in [-0.15, -0.1) is 11.3 Å². The lowest BCUT2D eigenvalue weighted by molar-refractivity contribution is -0.144. The molecule has 0 aliphatic heterocycles. The van der Waals surface area contributed by atoms with Crippen LogP contribution in [-0.4, -0.2) is 40.8 Å². The van der Waals surface area contributed by atoms with Crippen molar-refractivity contribution in [3.63, 3.8) is 0 Å². The van der Waals surface area contributed by atoms with E-state index in [2.05, 4.69) is 19.1 Å². The highest BCUT2D eigenvalue weighted by atomic mass is 32.1. The average molecular weight is 465 g/mol. The first kappa shape index (κ1) is 24.5. The van der Waals surface area contributed by atoms with Gasteiger partial charge < -0.3 is 14.5 Å². The first-order valence-corrected chi connectivity index (χ1v) is 12.1. The second-order valence-corrected chi connectivity index (χ2v) is 9.50. The fourth-order valence-corrected chi connectivity index (χ4v) is 4.40. The van der Waals surface area contributed by atoms with Crippen LogP contribution in [0.1, 0.15) is 35.6 Å². The van der Waals surface area contributed by atoms with Crippen LogP contribution in [0, 0.1) is 6.92 Å². The van der Waals surface area contributed by atoms with Gasteiger partial charge in [0.1, 0.15) is 12.3 Å². The molecule has 0 N–H and O–H groups in total. The molecule has 1 unspecified atom stereocenters. The molecule has 0 aliphatic rings. The minimum Gasteiger partial charge on any atom is -0.484 e. The Morgan fingerprint density at radius 2 is 1.58 bits per heavy atom. The second kappa shape index (κ2) is 12.2. The summed E-state index contributed by atoms with van der Waals surface area (Å²) in [4.78, 5) is 32.3. The Hall–Kier alpha value is -3.12. The molecule has 2 amide bonds. The van der Waals surface area contributed by atoms with Crippen molar-refractivity contribution in [2.45, 2.75) is 46.3 Å². The minimum atomic E-state index is -0.187. The van der Waals surface area contributed by atoms with Crippen molar-refractivity contribution in [3.8, 4) is 5.75 Å². The predicted octanol–water partition coefficient (Wildman–Crippen LogP) is 5.29. The van der Waals surface area contributed by atoms with Crippen molar-refractivity contribution in [3.05, 3.63) is 88.1 Å². The fraction of sp³-hybridized carbons (Fsp3) is 0.333. The summed E-state index contributed by atoms with van der Waals surface area (Å²) in [5, 5.41) is 0. The molecule has 33 heavy (non-hydrogen) atoms. The molecule has 1 aromatic heterocycles. The summed E-state index contributed by atoms with van der Waals surface area (Å²) >= 11 is 1.69. The molecular formula is C27H32N2O3S. The Balaban J connectivity index is 1.72. The normalized spacial score (nSPS) is 11.6. The van der Waals surface area contributed by atoms with Crippen LogP contribution in [0.15, 0.2) is 72.8 Å². The van der Waals surface area contributed by atoms with E-state index in [0.29, 0.717) is 18.8 Å². The summed E-state index contributed by atoms with van der Waals surface area (Å²) in [6.07, 6.45) is 0.757. The minimum absolute atomic E-state index is 0.0309. The van der Waals surface area contributed by atoms with Crippen LogP contribution in [0.4, 0.5) is 0 Å². The number of aryl methyl sites for hydroxylation is 1. The summed E-state index contributed by atoms with van der Waals surface area (Å²) in [5.41, 5.74) is 1.06. The van der Waals surface area contributed by atoms with Crippen molar-refractivity contribution >= 4 is 23.2 Å². The largest absolute Gasteiger partial charge is 0.484 e. The zero-order valence-corrected chi connectivity index (χ0v) is 20.4. The van der Waals surface area contributed by atoms with Crippen molar-refractivity contribution < 1.29 is 14.3 Å². The summed E-state index contributed by atoms with van der Waals surface area (Å²) in [6.45, 7) is 7.01. The monoisotopic (exact) mass is 464 g/mol. The van der Waals surface area contributed by atoms with Gasteiger partial charge in [0, 0.05) is 22.3 Å². The number of nitrogens with zero attached hydrogens (tertiary/aromatic N) is 2. The van der Waals surface area contributed by atoms with E-state index in [4.69, 9.17) is 4.74 Å². The van der Waals surface area contributed by atoms with E-state index in [1.54, 1.807) is 16.2 Å². The van der Waals surface area contributed by atoms with E-state index in [0.717, 1.165) is 16.9 Å². The van der Waals surface area contributed by atoms with Gasteiger partial charge in [-0.3, -0.25) is 9.59 Å². The van der Waals surface area contributed by atoms with Crippen LogP contribution < -0.4 is 4.74 Å². The lowest BCUT2D eigenvalue weighted by Crippen LogP contribution is -2.47. The third kappa shape index (κ3) is 7.46. The highest BCUT2D eigenvalue weighted by Crippen LogP contribution is 2.19. The number of hydrogen-bond acceptors (Lipinski definition) is 4. The van der Waals surface area contributed by atoms with E-state index in [1.807, 2.05) is 79.4 Å². The first-order valence-electron chi connectivity index (χ1n) is 11.3. The molecule has 174 valence electrons. The van der Waals surface area contributed by atoms with Gasteiger partial charge in [0.2, 0.25) is 5.91 Å². The van der Waals surface area contributed by atoms with Crippen LogP contribution >= 0.6 is 11.3 Å². The average Bonchev–Trinajstić information content (AvgIpc) is 3.25. The van der Waals surface area contributed by atoms with Gasteiger partial charge in [-0.05, 0) is 50.1 Å². The number of rotatable bonds is 11. The molecular weight excluding hydrogens is 432 g/mol. The van der Waals surface area contributed by atoms with Gasteiger partial charge in [0.15, 0.2) is 6.61 Å². The number of amides is 2. The fourth-order valence-electron chi connectivity index (χ4n) is 3.49. The highest BCUT2D eigenvalue weighted by molar-refractivity contribution is 7.11. The molecule has 0 fully saturated rings. The van der Waals surface area contributed by atoms with Crippen molar-refractivity contribution in [1.82, 2.24) is 9.80 Å². The number of benzene rings is 2. The molecule has 2 aromatic carbocycles. The van der Waals surface area contributed by atoms with E-state index in [-0.39, 0.29) is 31.0 Å². The van der Waals surface area contributed by atoms with Crippen LogP contribution in [0.5, 0.6) is 5.75 Å². The molecule has 1 atom stereocenters. The van der Waals surface area contributed by atoms with E-state index in [1.165, 1.54) is 4.88 Å². The summed E-state index contributed by atoms with van der Waals surface area (Å²) < 4.78 is 5.67. The third-order valence-corrected chi connectivity index (χ3v) is 6.55. The van der Waals surface area contributed by atoms with E-state index in [9.17, 15) is 9.59 Å². The maximum Gasteiger partial charge on any atom is 0.261 e. The van der Waals surface area contributed by atoms with Crippen LogP contribution in [-0.2, 0) is 22.7 Å². The van der Waals surface area contributed by atoms with Crippen molar-refractivity contribution in [1.29, 1.82) is 0 Å². The maximum absolute atomic E-state index is 13.5. The van der Waals surface area contributed by atoms with E-state index < -0.39 is 0 Å². The van der Waals surface area contributed by atoms with Crippen molar-refractivity contribution in [2.75, 3.05) is 13.2 Å². The Kier molecular flexibility index (Phi) is 9.07. The third-order valence-electron chi connectivity index (χ3n) is 5.57. The number of thiophene rings is 1. The Morgan fingerprint density at radius 3 is 2.18 bits per heavy atom. The number of carbonyl (C=O) groups excluding carboxylic acids is 2. The molecule has 0 saturated heterocycles. The zero-order valence-electron chi connectivity index (χ0n) is 19.6. The van der Waals surface area contributed by atoms with Gasteiger partial charge in [-0.1, -0.05) is 55.5 Å². The molecule has 0 aliphatic carbocycles. The lowest BCUT2D eigenvalue weighted by atomic mass is 10.2. The molecule has 5 nitrogen and oxygen atoms in total. The van der Waals surface area contributed by atoms with Gasteiger partial charge in [-0.2, -0.15) is 0 Å². The molecule has 3 aromatic rings. The Morgan fingerprint density at radius 1 is 0.909 bits per heavy atom.